The molecule has 0 aliphatic carbocycles. The van der Waals surface area contributed by atoms with E-state index < -0.39 is 5.91 Å². The van der Waals surface area contributed by atoms with Crippen LogP contribution in [0.25, 0.3) is 6.08 Å². The molecule has 0 aliphatic heterocycles. The van der Waals surface area contributed by atoms with Crippen LogP contribution >= 0.6 is 0 Å². The molecule has 1 N–H and O–H groups in total. The number of nitrogens with zero attached hydrogens (tertiary/aromatic N) is 1. The van der Waals surface area contributed by atoms with Crippen LogP contribution in [0.5, 0.6) is 11.5 Å². The zero-order valence-corrected chi connectivity index (χ0v) is 18.9. The fraction of sp³-hybridized carbons (Fsp3) is 0.143. The largest absolute Gasteiger partial charge is 0.493 e. The number of hydrogen-bond donors (Lipinski definition) is 1. The lowest BCUT2D eigenvalue weighted by molar-refractivity contribution is -0.117. The molecule has 5 nitrogen and oxygen atoms in total. The summed E-state index contributed by atoms with van der Waals surface area (Å²) in [5.74, 6) is 0.122. The molecule has 6 heteroatoms. The van der Waals surface area contributed by atoms with Crippen LogP contribution in [-0.4, -0.2) is 13.0 Å². The monoisotopic (exact) mass is 456 g/mol. The average Bonchev–Trinajstić information content (AvgIpc) is 2.85. The molecule has 0 heterocycles. The van der Waals surface area contributed by atoms with Crippen molar-refractivity contribution >= 4 is 12.0 Å². The average molecular weight is 457 g/mol. The maximum absolute atomic E-state index is 13.5. The third kappa shape index (κ3) is 6.57. The molecule has 3 aromatic rings. The number of methoxy groups -OCH3 is 1. The summed E-state index contributed by atoms with van der Waals surface area (Å²) < 4.78 is 25.0. The molecule has 3 aromatic carbocycles. The first-order chi connectivity index (χ1) is 16.5. The minimum absolute atomic E-state index is 0.0315. The summed E-state index contributed by atoms with van der Waals surface area (Å²) >= 11 is 0. The van der Waals surface area contributed by atoms with Gasteiger partial charge >= 0.3 is 0 Å². The molecule has 0 atom stereocenters. The van der Waals surface area contributed by atoms with Crippen LogP contribution < -0.4 is 14.8 Å². The smallest absolute Gasteiger partial charge is 0.262 e. The molecular formula is C28H25FN2O3. The summed E-state index contributed by atoms with van der Waals surface area (Å²) in [5, 5.41) is 12.3. The van der Waals surface area contributed by atoms with Gasteiger partial charge in [-0.3, -0.25) is 4.79 Å². The van der Waals surface area contributed by atoms with E-state index in [9.17, 15) is 14.4 Å². The Hall–Kier alpha value is -4.37. The van der Waals surface area contributed by atoms with E-state index in [1.165, 1.54) is 25.3 Å². The number of allylic oxidation sites excluding steroid dienone is 1. The van der Waals surface area contributed by atoms with E-state index in [-0.39, 0.29) is 18.0 Å². The number of benzene rings is 3. The van der Waals surface area contributed by atoms with Gasteiger partial charge in [0.1, 0.15) is 24.1 Å². The molecule has 0 fully saturated rings. The molecule has 0 aromatic heterocycles. The number of amides is 1. The molecule has 0 aliphatic rings. The molecule has 0 radical (unpaired) electrons. The number of nitrogens with one attached hydrogen (secondary N) is 1. The van der Waals surface area contributed by atoms with Crippen LogP contribution in [0.3, 0.4) is 0 Å². The minimum Gasteiger partial charge on any atom is -0.493 e. The highest BCUT2D eigenvalue weighted by Gasteiger charge is 2.15. The molecule has 0 unspecified atom stereocenters. The third-order valence-corrected chi connectivity index (χ3v) is 4.98. The summed E-state index contributed by atoms with van der Waals surface area (Å²) in [4.78, 5) is 12.6. The Balaban J connectivity index is 1.84. The first kappa shape index (κ1) is 24.3. The van der Waals surface area contributed by atoms with Crippen molar-refractivity contribution < 1.29 is 18.7 Å². The normalized spacial score (nSPS) is 10.8. The van der Waals surface area contributed by atoms with Crippen molar-refractivity contribution in [2.24, 2.45) is 0 Å². The number of nitriles is 1. The molecule has 0 spiro atoms. The van der Waals surface area contributed by atoms with Crippen LogP contribution in [0.2, 0.25) is 0 Å². The van der Waals surface area contributed by atoms with Crippen molar-refractivity contribution in [2.75, 3.05) is 7.11 Å². The van der Waals surface area contributed by atoms with Gasteiger partial charge in [-0.2, -0.15) is 5.26 Å². The molecule has 172 valence electrons. The van der Waals surface area contributed by atoms with Gasteiger partial charge in [0, 0.05) is 12.1 Å². The van der Waals surface area contributed by atoms with Crippen LogP contribution in [0.1, 0.15) is 22.3 Å². The first-order valence-electron chi connectivity index (χ1n) is 10.7. The summed E-state index contributed by atoms with van der Waals surface area (Å²) in [6.07, 6.45) is 3.69. The third-order valence-electron chi connectivity index (χ3n) is 4.98. The predicted octanol–water partition coefficient (Wildman–Crippen LogP) is 5.37. The topological polar surface area (TPSA) is 71.4 Å². The van der Waals surface area contributed by atoms with Gasteiger partial charge in [-0.25, -0.2) is 4.39 Å². The SMILES string of the molecule is C=CCc1cc(/C=C(\C#N)C(=O)NCc2ccccc2)cc(OC)c1OCc1cccc(F)c1. The number of carbonyl (C=O) groups excluding carboxylic acids is 1. The number of hydrogen-bond acceptors (Lipinski definition) is 4. The Morgan fingerprint density at radius 2 is 1.88 bits per heavy atom. The second kappa shape index (κ2) is 12.0. The van der Waals surface area contributed by atoms with Crippen molar-refractivity contribution in [1.82, 2.24) is 5.32 Å². The highest BCUT2D eigenvalue weighted by molar-refractivity contribution is 6.01. The fourth-order valence-corrected chi connectivity index (χ4v) is 3.36. The highest BCUT2D eigenvalue weighted by Crippen LogP contribution is 2.35. The Morgan fingerprint density at radius 1 is 1.12 bits per heavy atom. The van der Waals surface area contributed by atoms with E-state index in [1.807, 2.05) is 42.5 Å². The van der Waals surface area contributed by atoms with Gasteiger partial charge < -0.3 is 14.8 Å². The minimum atomic E-state index is -0.470. The maximum atomic E-state index is 13.5. The van der Waals surface area contributed by atoms with Crippen molar-refractivity contribution in [1.29, 1.82) is 5.26 Å². The lowest BCUT2D eigenvalue weighted by Gasteiger charge is -2.16. The Labute approximate surface area is 198 Å². The number of halogens is 1. The van der Waals surface area contributed by atoms with Crippen molar-refractivity contribution in [3.05, 3.63) is 113 Å². The van der Waals surface area contributed by atoms with Gasteiger partial charge in [-0.05, 0) is 53.5 Å². The van der Waals surface area contributed by atoms with E-state index in [0.29, 0.717) is 35.6 Å². The van der Waals surface area contributed by atoms with E-state index in [0.717, 1.165) is 11.1 Å². The van der Waals surface area contributed by atoms with E-state index in [2.05, 4.69) is 11.9 Å². The standard InChI is InChI=1S/C28H25FN2O3/c1-3-8-23-13-22(14-24(17-30)28(32)31-18-20-9-5-4-6-10-20)16-26(33-2)27(23)34-19-21-11-7-12-25(29)15-21/h3-7,9-16H,1,8,18-19H2,2H3,(H,31,32)/b24-14+. The second-order valence-electron chi connectivity index (χ2n) is 7.46. The van der Waals surface area contributed by atoms with Crippen LogP contribution in [-0.2, 0) is 24.4 Å². The summed E-state index contributed by atoms with van der Waals surface area (Å²) in [6, 6.07) is 21.1. The molecular weight excluding hydrogens is 431 g/mol. The van der Waals surface area contributed by atoms with Gasteiger partial charge in [0.25, 0.3) is 5.91 Å². The quantitative estimate of drug-likeness (QED) is 0.253. The van der Waals surface area contributed by atoms with Gasteiger partial charge in [0.15, 0.2) is 11.5 Å². The molecule has 0 saturated carbocycles. The molecule has 0 saturated heterocycles. The van der Waals surface area contributed by atoms with Crippen molar-refractivity contribution in [2.45, 2.75) is 19.6 Å². The second-order valence-corrected chi connectivity index (χ2v) is 7.46. The van der Waals surface area contributed by atoms with Crippen LogP contribution in [0.4, 0.5) is 4.39 Å². The van der Waals surface area contributed by atoms with Gasteiger partial charge in [0.2, 0.25) is 0 Å². The van der Waals surface area contributed by atoms with Gasteiger partial charge in [0.05, 0.1) is 7.11 Å². The summed E-state index contributed by atoms with van der Waals surface area (Å²) in [7, 11) is 1.51. The number of carbonyl (C=O) groups is 1. The predicted molar refractivity (Wildman–Crippen MR) is 130 cm³/mol. The fourth-order valence-electron chi connectivity index (χ4n) is 3.36. The number of rotatable bonds is 10. The van der Waals surface area contributed by atoms with E-state index in [1.54, 1.807) is 24.3 Å². The van der Waals surface area contributed by atoms with Gasteiger partial charge in [-0.1, -0.05) is 48.5 Å². The Bertz CT molecular complexity index is 1230. The Morgan fingerprint density at radius 3 is 2.56 bits per heavy atom. The number of ether oxygens (including phenoxy) is 2. The molecule has 1 amide bonds. The summed E-state index contributed by atoms with van der Waals surface area (Å²) in [5.41, 5.74) is 2.95. The summed E-state index contributed by atoms with van der Waals surface area (Å²) in [6.45, 7) is 4.26. The van der Waals surface area contributed by atoms with E-state index >= 15 is 0 Å². The molecule has 34 heavy (non-hydrogen) atoms. The first-order valence-corrected chi connectivity index (χ1v) is 10.7. The maximum Gasteiger partial charge on any atom is 0.262 e. The van der Waals surface area contributed by atoms with Crippen LogP contribution in [0.15, 0.2) is 85.0 Å². The van der Waals surface area contributed by atoms with Gasteiger partial charge in [-0.15, -0.1) is 6.58 Å². The van der Waals surface area contributed by atoms with Crippen molar-refractivity contribution in [3.8, 4) is 17.6 Å². The lowest BCUT2D eigenvalue weighted by Crippen LogP contribution is -2.23. The lowest BCUT2D eigenvalue weighted by atomic mass is 10.0. The highest BCUT2D eigenvalue weighted by atomic mass is 19.1. The van der Waals surface area contributed by atoms with Crippen molar-refractivity contribution in [3.63, 3.8) is 0 Å². The zero-order valence-electron chi connectivity index (χ0n) is 18.9. The molecule has 0 bridgehead atoms. The zero-order chi connectivity index (χ0) is 24.3. The molecule has 3 rings (SSSR count). The van der Waals surface area contributed by atoms with E-state index in [4.69, 9.17) is 9.47 Å². The Kier molecular flexibility index (Phi) is 8.59. The van der Waals surface area contributed by atoms with Crippen LogP contribution in [0, 0.1) is 17.1 Å².